The Hall–Kier alpha value is -1.83. The zero-order valence-corrected chi connectivity index (χ0v) is 16.9. The number of thioether (sulfide) groups is 1. The standard InChI is InChI=1S/C20H23N3O2S2/c1-13-19(24)22-15-11-14(6-7-17(15)27-13)20(25)21-12-16(18-5-4-10-26-18)23-8-2-3-9-23/h4-7,10-11,13,16H,2-3,8-9,12H2,1H3,(H,21,25)(H,22,24)/t13-,16+/m0/s1. The molecule has 1 aromatic heterocycles. The fourth-order valence-corrected chi connectivity index (χ4v) is 5.38. The van der Waals surface area contributed by atoms with E-state index in [4.69, 9.17) is 0 Å². The summed E-state index contributed by atoms with van der Waals surface area (Å²) in [6, 6.07) is 9.97. The van der Waals surface area contributed by atoms with E-state index in [1.165, 1.54) is 29.5 Å². The summed E-state index contributed by atoms with van der Waals surface area (Å²) in [6.07, 6.45) is 2.44. The van der Waals surface area contributed by atoms with Gasteiger partial charge in [-0.05, 0) is 62.5 Å². The number of nitrogens with zero attached hydrogens (tertiary/aromatic N) is 1. The monoisotopic (exact) mass is 401 g/mol. The van der Waals surface area contributed by atoms with Gasteiger partial charge < -0.3 is 10.6 Å². The maximum Gasteiger partial charge on any atom is 0.251 e. The number of fused-ring (bicyclic) bond motifs is 1. The molecule has 142 valence electrons. The molecule has 3 heterocycles. The number of rotatable bonds is 5. The Labute approximate surface area is 167 Å². The van der Waals surface area contributed by atoms with Crippen molar-refractivity contribution in [2.24, 2.45) is 0 Å². The van der Waals surface area contributed by atoms with Crippen LogP contribution < -0.4 is 10.6 Å². The average molecular weight is 402 g/mol. The van der Waals surface area contributed by atoms with Crippen molar-refractivity contribution in [1.29, 1.82) is 0 Å². The number of carbonyl (C=O) groups excluding carboxylic acids is 2. The number of hydrogen-bond donors (Lipinski definition) is 2. The van der Waals surface area contributed by atoms with Gasteiger partial charge in [0, 0.05) is 21.9 Å². The molecule has 27 heavy (non-hydrogen) atoms. The second-order valence-electron chi connectivity index (χ2n) is 6.94. The van der Waals surface area contributed by atoms with Gasteiger partial charge in [0.05, 0.1) is 17.0 Å². The molecule has 7 heteroatoms. The fourth-order valence-electron chi connectivity index (χ4n) is 3.59. The topological polar surface area (TPSA) is 61.4 Å². The highest BCUT2D eigenvalue weighted by atomic mass is 32.2. The minimum Gasteiger partial charge on any atom is -0.350 e. The van der Waals surface area contributed by atoms with E-state index in [-0.39, 0.29) is 23.1 Å². The normalized spacial score (nSPS) is 20.8. The van der Waals surface area contributed by atoms with Crippen LogP contribution >= 0.6 is 23.1 Å². The Balaban J connectivity index is 1.45. The molecular weight excluding hydrogens is 378 g/mol. The molecule has 0 saturated carbocycles. The lowest BCUT2D eigenvalue weighted by Gasteiger charge is -2.27. The molecule has 1 aromatic carbocycles. The molecule has 0 radical (unpaired) electrons. The van der Waals surface area contributed by atoms with Crippen LogP contribution in [0, 0.1) is 0 Å². The minimum absolute atomic E-state index is 0.0168. The first-order chi connectivity index (χ1) is 13.1. The summed E-state index contributed by atoms with van der Waals surface area (Å²) in [6.45, 7) is 4.64. The van der Waals surface area contributed by atoms with Crippen LogP contribution in [0.5, 0.6) is 0 Å². The van der Waals surface area contributed by atoms with E-state index in [0.29, 0.717) is 12.1 Å². The second-order valence-corrected chi connectivity index (χ2v) is 9.31. The Morgan fingerprint density at radius 1 is 1.33 bits per heavy atom. The number of amides is 2. The van der Waals surface area contributed by atoms with Gasteiger partial charge in [-0.25, -0.2) is 0 Å². The van der Waals surface area contributed by atoms with Crippen LogP contribution in [0.1, 0.15) is 41.0 Å². The van der Waals surface area contributed by atoms with Gasteiger partial charge >= 0.3 is 0 Å². The van der Waals surface area contributed by atoms with Crippen molar-refractivity contribution in [3.05, 3.63) is 46.2 Å². The molecule has 0 aliphatic carbocycles. The van der Waals surface area contributed by atoms with Crippen LogP contribution in [-0.4, -0.2) is 41.6 Å². The first-order valence-corrected chi connectivity index (χ1v) is 11.0. The summed E-state index contributed by atoms with van der Waals surface area (Å²) in [5.41, 5.74) is 1.31. The third kappa shape index (κ3) is 4.05. The SMILES string of the molecule is C[C@@H]1Sc2ccc(C(=O)NC[C@H](c3cccs3)N3CCCC3)cc2NC1=O. The highest BCUT2D eigenvalue weighted by molar-refractivity contribution is 8.00. The predicted octanol–water partition coefficient (Wildman–Crippen LogP) is 3.75. The first kappa shape index (κ1) is 18.5. The Kier molecular flexibility index (Phi) is 5.52. The summed E-state index contributed by atoms with van der Waals surface area (Å²) in [5.74, 6) is -0.117. The van der Waals surface area contributed by atoms with E-state index >= 15 is 0 Å². The van der Waals surface area contributed by atoms with Crippen LogP contribution in [0.3, 0.4) is 0 Å². The summed E-state index contributed by atoms with van der Waals surface area (Å²) in [7, 11) is 0. The van der Waals surface area contributed by atoms with E-state index in [1.54, 1.807) is 17.4 Å². The summed E-state index contributed by atoms with van der Waals surface area (Å²) in [5, 5.41) is 7.97. The van der Waals surface area contributed by atoms with Gasteiger partial charge in [0.25, 0.3) is 5.91 Å². The van der Waals surface area contributed by atoms with Crippen LogP contribution in [-0.2, 0) is 4.79 Å². The van der Waals surface area contributed by atoms with Gasteiger partial charge in [0.2, 0.25) is 5.91 Å². The van der Waals surface area contributed by atoms with Crippen molar-refractivity contribution < 1.29 is 9.59 Å². The molecule has 2 aliphatic rings. The molecule has 2 aliphatic heterocycles. The molecule has 2 N–H and O–H groups in total. The third-order valence-corrected chi connectivity index (χ3v) is 7.23. The minimum atomic E-state index is -0.107. The summed E-state index contributed by atoms with van der Waals surface area (Å²) >= 11 is 3.27. The number of likely N-dealkylation sites (tertiary alicyclic amines) is 1. The van der Waals surface area contributed by atoms with Crippen molar-refractivity contribution in [2.75, 3.05) is 25.0 Å². The van der Waals surface area contributed by atoms with Crippen molar-refractivity contribution in [1.82, 2.24) is 10.2 Å². The molecule has 2 amide bonds. The van der Waals surface area contributed by atoms with Gasteiger partial charge in [-0.3, -0.25) is 14.5 Å². The Morgan fingerprint density at radius 3 is 2.89 bits per heavy atom. The van der Waals surface area contributed by atoms with E-state index in [2.05, 4.69) is 33.0 Å². The van der Waals surface area contributed by atoms with Crippen molar-refractivity contribution in [2.45, 2.75) is 36.0 Å². The maximum absolute atomic E-state index is 12.7. The molecule has 0 spiro atoms. The zero-order chi connectivity index (χ0) is 18.8. The molecule has 0 bridgehead atoms. The molecule has 4 rings (SSSR count). The molecule has 1 saturated heterocycles. The smallest absolute Gasteiger partial charge is 0.251 e. The highest BCUT2D eigenvalue weighted by Gasteiger charge is 2.26. The van der Waals surface area contributed by atoms with E-state index in [1.807, 2.05) is 19.1 Å². The molecular formula is C20H23N3O2S2. The van der Waals surface area contributed by atoms with Gasteiger partial charge in [-0.1, -0.05) is 6.07 Å². The van der Waals surface area contributed by atoms with Gasteiger partial charge in [-0.2, -0.15) is 0 Å². The van der Waals surface area contributed by atoms with Crippen LogP contribution in [0.15, 0.2) is 40.6 Å². The van der Waals surface area contributed by atoms with E-state index < -0.39 is 0 Å². The number of carbonyl (C=O) groups is 2. The van der Waals surface area contributed by atoms with E-state index in [9.17, 15) is 9.59 Å². The molecule has 2 atom stereocenters. The summed E-state index contributed by atoms with van der Waals surface area (Å²) < 4.78 is 0. The number of hydrogen-bond acceptors (Lipinski definition) is 5. The fraction of sp³-hybridized carbons (Fsp3) is 0.400. The van der Waals surface area contributed by atoms with Gasteiger partial charge in [-0.15, -0.1) is 23.1 Å². The predicted molar refractivity (Wildman–Crippen MR) is 111 cm³/mol. The maximum atomic E-state index is 12.7. The number of thiophene rings is 1. The Morgan fingerprint density at radius 2 is 2.15 bits per heavy atom. The Bertz CT molecular complexity index is 832. The highest BCUT2D eigenvalue weighted by Crippen LogP contribution is 2.36. The zero-order valence-electron chi connectivity index (χ0n) is 15.2. The molecule has 1 fully saturated rings. The second kappa shape index (κ2) is 8.04. The molecule has 5 nitrogen and oxygen atoms in total. The molecule has 0 unspecified atom stereocenters. The van der Waals surface area contributed by atoms with Gasteiger partial charge in [0.15, 0.2) is 0 Å². The lowest BCUT2D eigenvalue weighted by Crippen LogP contribution is -2.36. The van der Waals surface area contributed by atoms with Crippen molar-refractivity contribution in [3.63, 3.8) is 0 Å². The lowest BCUT2D eigenvalue weighted by molar-refractivity contribution is -0.115. The third-order valence-electron chi connectivity index (χ3n) is 5.08. The van der Waals surface area contributed by atoms with Crippen LogP contribution in [0.2, 0.25) is 0 Å². The largest absolute Gasteiger partial charge is 0.350 e. The lowest BCUT2D eigenvalue weighted by atomic mass is 10.1. The summed E-state index contributed by atoms with van der Waals surface area (Å²) in [4.78, 5) is 29.4. The van der Waals surface area contributed by atoms with Crippen molar-refractivity contribution in [3.8, 4) is 0 Å². The number of anilines is 1. The average Bonchev–Trinajstić information content (AvgIpc) is 3.37. The van der Waals surface area contributed by atoms with E-state index in [0.717, 1.165) is 23.7 Å². The number of benzene rings is 1. The number of nitrogens with one attached hydrogen (secondary N) is 2. The quantitative estimate of drug-likeness (QED) is 0.801. The van der Waals surface area contributed by atoms with Crippen LogP contribution in [0.4, 0.5) is 5.69 Å². The van der Waals surface area contributed by atoms with Gasteiger partial charge in [0.1, 0.15) is 0 Å². The molecule has 2 aromatic rings. The first-order valence-electron chi connectivity index (χ1n) is 9.29. The van der Waals surface area contributed by atoms with Crippen LogP contribution in [0.25, 0.3) is 0 Å². The van der Waals surface area contributed by atoms with Crippen molar-refractivity contribution >= 4 is 40.6 Å².